The van der Waals surface area contributed by atoms with Crippen LogP contribution in [0.15, 0.2) is 0 Å². The zero-order valence-corrected chi connectivity index (χ0v) is 10.5. The van der Waals surface area contributed by atoms with Crippen LogP contribution < -0.4 is 0 Å². The molecule has 0 amide bonds. The first-order valence-electron chi connectivity index (χ1n) is 5.91. The number of unbranched alkanes of at least 4 members (excludes halogenated alkanes) is 3. The van der Waals surface area contributed by atoms with E-state index < -0.39 is 0 Å². The summed E-state index contributed by atoms with van der Waals surface area (Å²) < 4.78 is 5.53. The Morgan fingerprint density at radius 2 is 1.57 bits per heavy atom. The van der Waals surface area contributed by atoms with Gasteiger partial charge in [0.05, 0.1) is 0 Å². The fourth-order valence-corrected chi connectivity index (χ4v) is 1.54. The Kier molecular flexibility index (Phi) is 11.5. The van der Waals surface area contributed by atoms with Crippen molar-refractivity contribution >= 4 is 11.6 Å². The summed E-state index contributed by atoms with van der Waals surface area (Å²) in [4.78, 5) is 0. The minimum absolute atomic E-state index is 0.801. The lowest BCUT2D eigenvalue weighted by molar-refractivity contribution is 0.124. The molecule has 0 bridgehead atoms. The van der Waals surface area contributed by atoms with Gasteiger partial charge in [-0.1, -0.05) is 26.7 Å². The van der Waals surface area contributed by atoms with Crippen molar-refractivity contribution in [2.24, 2.45) is 5.92 Å². The summed E-state index contributed by atoms with van der Waals surface area (Å²) >= 11 is 5.58. The van der Waals surface area contributed by atoms with Crippen LogP contribution in [-0.2, 0) is 4.74 Å². The smallest absolute Gasteiger partial charge is 0.0466 e. The maximum absolute atomic E-state index is 5.58. The summed E-state index contributed by atoms with van der Waals surface area (Å²) in [5.74, 6) is 1.61. The van der Waals surface area contributed by atoms with Crippen LogP contribution in [0, 0.1) is 5.92 Å². The van der Waals surface area contributed by atoms with Crippen molar-refractivity contribution in [3.05, 3.63) is 0 Å². The lowest BCUT2D eigenvalue weighted by Crippen LogP contribution is -1.99. The molecule has 0 aromatic carbocycles. The van der Waals surface area contributed by atoms with E-state index in [1.165, 1.54) is 32.1 Å². The van der Waals surface area contributed by atoms with Gasteiger partial charge in [-0.2, -0.15) is 0 Å². The van der Waals surface area contributed by atoms with Crippen LogP contribution >= 0.6 is 11.6 Å². The molecule has 0 saturated heterocycles. The molecule has 0 aliphatic carbocycles. The Bertz CT molecular complexity index is 104. The van der Waals surface area contributed by atoms with E-state index in [4.69, 9.17) is 16.3 Å². The summed E-state index contributed by atoms with van der Waals surface area (Å²) in [5.41, 5.74) is 0. The van der Waals surface area contributed by atoms with Gasteiger partial charge < -0.3 is 4.74 Å². The molecular formula is C12H25ClO. The topological polar surface area (TPSA) is 9.23 Å². The van der Waals surface area contributed by atoms with Crippen molar-refractivity contribution < 1.29 is 4.74 Å². The second-order valence-corrected chi connectivity index (χ2v) is 4.63. The van der Waals surface area contributed by atoms with Crippen molar-refractivity contribution in [1.82, 2.24) is 0 Å². The van der Waals surface area contributed by atoms with E-state index in [0.717, 1.165) is 31.4 Å². The number of rotatable bonds is 10. The maximum Gasteiger partial charge on any atom is 0.0466 e. The molecule has 0 saturated carbocycles. The summed E-state index contributed by atoms with van der Waals surface area (Å²) in [7, 11) is 0. The molecule has 0 fully saturated rings. The number of halogens is 1. The third kappa shape index (κ3) is 12.2. The Labute approximate surface area is 94.2 Å². The monoisotopic (exact) mass is 220 g/mol. The van der Waals surface area contributed by atoms with Crippen LogP contribution in [0.4, 0.5) is 0 Å². The normalized spacial score (nSPS) is 11.1. The largest absolute Gasteiger partial charge is 0.381 e. The molecule has 0 aromatic heterocycles. The Morgan fingerprint density at radius 1 is 0.929 bits per heavy atom. The van der Waals surface area contributed by atoms with Gasteiger partial charge in [0.2, 0.25) is 0 Å². The van der Waals surface area contributed by atoms with Gasteiger partial charge in [-0.3, -0.25) is 0 Å². The van der Waals surface area contributed by atoms with E-state index in [9.17, 15) is 0 Å². The van der Waals surface area contributed by atoms with E-state index in [1.807, 2.05) is 0 Å². The van der Waals surface area contributed by atoms with Crippen LogP contribution in [0.5, 0.6) is 0 Å². The lowest BCUT2D eigenvalue weighted by atomic mass is 10.1. The zero-order valence-electron chi connectivity index (χ0n) is 9.73. The number of alkyl halides is 1. The zero-order chi connectivity index (χ0) is 10.6. The molecular weight excluding hydrogens is 196 g/mol. The van der Waals surface area contributed by atoms with E-state index in [1.54, 1.807) is 0 Å². The number of hydrogen-bond acceptors (Lipinski definition) is 1. The minimum atomic E-state index is 0.801. The summed E-state index contributed by atoms with van der Waals surface area (Å²) in [5, 5.41) is 0. The van der Waals surface area contributed by atoms with Crippen LogP contribution in [-0.4, -0.2) is 19.1 Å². The summed E-state index contributed by atoms with van der Waals surface area (Å²) in [6, 6.07) is 0. The first-order chi connectivity index (χ1) is 6.77. The highest BCUT2D eigenvalue weighted by Crippen LogP contribution is 2.04. The predicted octanol–water partition coefficient (Wildman–Crippen LogP) is 4.24. The molecule has 86 valence electrons. The van der Waals surface area contributed by atoms with Crippen molar-refractivity contribution in [2.75, 3.05) is 19.1 Å². The maximum atomic E-state index is 5.58. The molecule has 1 nitrogen and oxygen atoms in total. The average Bonchev–Trinajstić information content (AvgIpc) is 2.15. The lowest BCUT2D eigenvalue weighted by Gasteiger charge is -2.05. The molecule has 0 aliphatic heterocycles. The second-order valence-electron chi connectivity index (χ2n) is 4.25. The minimum Gasteiger partial charge on any atom is -0.381 e. The van der Waals surface area contributed by atoms with E-state index in [0.29, 0.717) is 0 Å². The van der Waals surface area contributed by atoms with Crippen molar-refractivity contribution in [2.45, 2.75) is 52.4 Å². The molecule has 14 heavy (non-hydrogen) atoms. The summed E-state index contributed by atoms with van der Waals surface area (Å²) in [6.45, 7) is 6.38. The van der Waals surface area contributed by atoms with E-state index in [-0.39, 0.29) is 0 Å². The SMILES string of the molecule is CC(C)CCCOCCCCCCCl. The second kappa shape index (κ2) is 11.3. The Hall–Kier alpha value is 0.250. The molecule has 2 heteroatoms. The van der Waals surface area contributed by atoms with Gasteiger partial charge in [-0.15, -0.1) is 11.6 Å². The molecule has 0 heterocycles. The van der Waals surface area contributed by atoms with Gasteiger partial charge in [0.25, 0.3) is 0 Å². The van der Waals surface area contributed by atoms with Gasteiger partial charge in [0, 0.05) is 19.1 Å². The Balaban J connectivity index is 2.85. The highest BCUT2D eigenvalue weighted by Gasteiger charge is 1.94. The third-order valence-corrected chi connectivity index (χ3v) is 2.51. The molecule has 0 unspecified atom stereocenters. The van der Waals surface area contributed by atoms with Crippen molar-refractivity contribution in [3.8, 4) is 0 Å². The van der Waals surface area contributed by atoms with E-state index >= 15 is 0 Å². The fraction of sp³-hybridized carbons (Fsp3) is 1.00. The fourth-order valence-electron chi connectivity index (χ4n) is 1.35. The van der Waals surface area contributed by atoms with Gasteiger partial charge in [-0.05, 0) is 31.6 Å². The third-order valence-electron chi connectivity index (χ3n) is 2.24. The summed E-state index contributed by atoms with van der Waals surface area (Å²) in [6.07, 6.45) is 7.34. The molecule has 0 aliphatic rings. The standard InChI is InChI=1S/C12H25ClO/c1-12(2)8-7-11-14-10-6-4-3-5-9-13/h12H,3-11H2,1-2H3. The molecule has 0 atom stereocenters. The van der Waals surface area contributed by atoms with Crippen LogP contribution in [0.1, 0.15) is 52.4 Å². The molecule has 0 N–H and O–H groups in total. The van der Waals surface area contributed by atoms with E-state index in [2.05, 4.69) is 13.8 Å². The van der Waals surface area contributed by atoms with Crippen molar-refractivity contribution in [1.29, 1.82) is 0 Å². The quantitative estimate of drug-likeness (QED) is 0.395. The van der Waals surface area contributed by atoms with Crippen LogP contribution in [0.2, 0.25) is 0 Å². The van der Waals surface area contributed by atoms with Crippen LogP contribution in [0.25, 0.3) is 0 Å². The number of ether oxygens (including phenoxy) is 1. The first-order valence-corrected chi connectivity index (χ1v) is 6.44. The van der Waals surface area contributed by atoms with Crippen molar-refractivity contribution in [3.63, 3.8) is 0 Å². The number of hydrogen-bond donors (Lipinski definition) is 0. The highest BCUT2D eigenvalue weighted by atomic mass is 35.5. The first kappa shape index (κ1) is 14.2. The average molecular weight is 221 g/mol. The van der Waals surface area contributed by atoms with Gasteiger partial charge >= 0.3 is 0 Å². The molecule has 0 radical (unpaired) electrons. The molecule has 0 rings (SSSR count). The molecule has 0 spiro atoms. The Morgan fingerprint density at radius 3 is 2.21 bits per heavy atom. The van der Waals surface area contributed by atoms with Crippen LogP contribution in [0.3, 0.4) is 0 Å². The molecule has 0 aromatic rings. The van der Waals surface area contributed by atoms with Gasteiger partial charge in [0.1, 0.15) is 0 Å². The van der Waals surface area contributed by atoms with Gasteiger partial charge in [0.15, 0.2) is 0 Å². The predicted molar refractivity (Wildman–Crippen MR) is 64.1 cm³/mol. The highest BCUT2D eigenvalue weighted by molar-refractivity contribution is 6.17. The van der Waals surface area contributed by atoms with Gasteiger partial charge in [-0.25, -0.2) is 0 Å².